The Morgan fingerprint density at radius 3 is 2.38 bits per heavy atom. The second-order valence-corrected chi connectivity index (χ2v) is 5.55. The van der Waals surface area contributed by atoms with Crippen LogP contribution in [0.1, 0.15) is 0 Å². The molecule has 8 heteroatoms. The van der Waals surface area contributed by atoms with Gasteiger partial charge in [-0.1, -0.05) is 23.2 Å². The Morgan fingerprint density at radius 1 is 1.08 bits per heavy atom. The summed E-state index contributed by atoms with van der Waals surface area (Å²) in [6.07, 6.45) is 0. The number of benzene rings is 2. The van der Waals surface area contributed by atoms with Gasteiger partial charge in [0.1, 0.15) is 5.75 Å². The van der Waals surface area contributed by atoms with E-state index >= 15 is 0 Å². The van der Waals surface area contributed by atoms with Gasteiger partial charge < -0.3 is 25.3 Å². The number of carbonyl (C=O) groups is 1. The van der Waals surface area contributed by atoms with Crippen LogP contribution in [-0.2, 0) is 4.79 Å². The Labute approximate surface area is 149 Å². The van der Waals surface area contributed by atoms with Crippen molar-refractivity contribution in [3.05, 3.63) is 40.4 Å². The van der Waals surface area contributed by atoms with Crippen molar-refractivity contribution in [1.82, 2.24) is 0 Å². The van der Waals surface area contributed by atoms with Gasteiger partial charge in [0.05, 0.1) is 30.6 Å². The van der Waals surface area contributed by atoms with E-state index in [1.807, 2.05) is 0 Å². The topological polar surface area (TPSA) is 82.8 Å². The highest BCUT2D eigenvalue weighted by molar-refractivity contribution is 6.35. The first-order valence-corrected chi connectivity index (χ1v) is 7.59. The van der Waals surface area contributed by atoms with Gasteiger partial charge in [0.25, 0.3) is 5.91 Å². The van der Waals surface area contributed by atoms with E-state index in [4.69, 9.17) is 43.1 Å². The molecule has 24 heavy (non-hydrogen) atoms. The van der Waals surface area contributed by atoms with Crippen molar-refractivity contribution in [2.24, 2.45) is 0 Å². The largest absolute Gasteiger partial charge is 0.493 e. The fourth-order valence-corrected chi connectivity index (χ4v) is 2.39. The van der Waals surface area contributed by atoms with Crippen LogP contribution in [0.2, 0.25) is 10.0 Å². The maximum Gasteiger partial charge on any atom is 0.262 e. The second-order valence-electron chi connectivity index (χ2n) is 4.71. The molecule has 0 spiro atoms. The predicted octanol–water partition coefficient (Wildman–Crippen LogP) is 3.61. The lowest BCUT2D eigenvalue weighted by Crippen LogP contribution is -2.21. The Morgan fingerprint density at radius 2 is 1.75 bits per heavy atom. The third-order valence-electron chi connectivity index (χ3n) is 3.08. The summed E-state index contributed by atoms with van der Waals surface area (Å²) in [7, 11) is 2.99. The summed E-state index contributed by atoms with van der Waals surface area (Å²) in [6.45, 7) is -0.241. The van der Waals surface area contributed by atoms with Crippen molar-refractivity contribution in [3.63, 3.8) is 0 Å². The number of hydrogen-bond acceptors (Lipinski definition) is 5. The van der Waals surface area contributed by atoms with Gasteiger partial charge in [0, 0.05) is 17.2 Å². The minimum Gasteiger partial charge on any atom is -0.493 e. The normalized spacial score (nSPS) is 10.2. The van der Waals surface area contributed by atoms with E-state index in [1.54, 1.807) is 24.3 Å². The lowest BCUT2D eigenvalue weighted by atomic mass is 10.2. The van der Waals surface area contributed by atoms with Crippen molar-refractivity contribution >= 4 is 40.5 Å². The lowest BCUT2D eigenvalue weighted by Gasteiger charge is -2.14. The number of rotatable bonds is 6. The van der Waals surface area contributed by atoms with Crippen molar-refractivity contribution in [2.45, 2.75) is 0 Å². The molecule has 6 nitrogen and oxygen atoms in total. The number of nitrogens with two attached hydrogens (primary N) is 1. The zero-order valence-corrected chi connectivity index (χ0v) is 14.6. The van der Waals surface area contributed by atoms with Gasteiger partial charge in [-0.05, 0) is 18.2 Å². The molecule has 0 heterocycles. The molecule has 2 rings (SSSR count). The molecule has 3 N–H and O–H groups in total. The summed E-state index contributed by atoms with van der Waals surface area (Å²) in [6, 6.07) is 7.87. The molecule has 0 atom stereocenters. The third kappa shape index (κ3) is 4.37. The molecule has 2 aromatic rings. The van der Waals surface area contributed by atoms with Crippen LogP contribution in [0.25, 0.3) is 0 Å². The molecule has 0 saturated carbocycles. The van der Waals surface area contributed by atoms with Crippen molar-refractivity contribution < 1.29 is 19.0 Å². The van der Waals surface area contributed by atoms with Crippen molar-refractivity contribution in [2.75, 3.05) is 31.9 Å². The first kappa shape index (κ1) is 18.0. The van der Waals surface area contributed by atoms with Gasteiger partial charge in [-0.25, -0.2) is 0 Å². The van der Waals surface area contributed by atoms with Crippen LogP contribution < -0.4 is 25.3 Å². The Bertz CT molecular complexity index is 753. The molecule has 128 valence electrons. The van der Waals surface area contributed by atoms with Gasteiger partial charge in [-0.2, -0.15) is 0 Å². The fraction of sp³-hybridized carbons (Fsp3) is 0.188. The average Bonchev–Trinajstić information content (AvgIpc) is 2.55. The lowest BCUT2D eigenvalue weighted by molar-refractivity contribution is -0.118. The summed E-state index contributed by atoms with van der Waals surface area (Å²) in [4.78, 5) is 12.0. The van der Waals surface area contributed by atoms with E-state index in [9.17, 15) is 4.79 Å². The van der Waals surface area contributed by atoms with E-state index in [1.165, 1.54) is 20.3 Å². The molecule has 0 fully saturated rings. The highest BCUT2D eigenvalue weighted by Crippen LogP contribution is 2.34. The first-order chi connectivity index (χ1) is 11.4. The summed E-state index contributed by atoms with van der Waals surface area (Å²) in [5.41, 5.74) is 6.62. The summed E-state index contributed by atoms with van der Waals surface area (Å²) < 4.78 is 15.7. The minimum atomic E-state index is -0.403. The van der Waals surface area contributed by atoms with Gasteiger partial charge in [0.2, 0.25) is 0 Å². The summed E-state index contributed by atoms with van der Waals surface area (Å²) >= 11 is 11.8. The highest BCUT2D eigenvalue weighted by atomic mass is 35.5. The molecule has 1 amide bonds. The quantitative estimate of drug-likeness (QED) is 0.758. The molecule has 0 radical (unpaired) electrons. The van der Waals surface area contributed by atoms with E-state index in [0.717, 1.165) is 0 Å². The molecular formula is C16H16Cl2N2O4. The maximum atomic E-state index is 12.0. The number of anilines is 2. The second kappa shape index (κ2) is 7.99. The summed E-state index contributed by atoms with van der Waals surface area (Å²) in [5.74, 6) is 0.872. The van der Waals surface area contributed by atoms with E-state index in [0.29, 0.717) is 38.7 Å². The molecule has 0 aromatic heterocycles. The first-order valence-electron chi connectivity index (χ1n) is 6.83. The van der Waals surface area contributed by atoms with Crippen LogP contribution in [-0.4, -0.2) is 26.7 Å². The van der Waals surface area contributed by atoms with Gasteiger partial charge >= 0.3 is 0 Å². The zero-order valence-electron chi connectivity index (χ0n) is 13.1. The van der Waals surface area contributed by atoms with Crippen LogP contribution >= 0.6 is 23.2 Å². The molecular weight excluding hydrogens is 355 g/mol. The highest BCUT2D eigenvalue weighted by Gasteiger charge is 2.12. The van der Waals surface area contributed by atoms with E-state index < -0.39 is 5.91 Å². The number of ether oxygens (including phenoxy) is 3. The number of methoxy groups -OCH3 is 2. The molecule has 0 aliphatic rings. The SMILES string of the molecule is COc1cc(N)c(NC(=O)COc2ccc(Cl)cc2Cl)cc1OC. The monoisotopic (exact) mass is 370 g/mol. The Kier molecular flexibility index (Phi) is 6.00. The molecule has 2 aromatic carbocycles. The van der Waals surface area contributed by atoms with Gasteiger partial charge in [-0.3, -0.25) is 4.79 Å². The number of nitrogen functional groups attached to an aromatic ring is 1. The number of halogens is 2. The smallest absolute Gasteiger partial charge is 0.262 e. The molecule has 0 unspecified atom stereocenters. The average molecular weight is 371 g/mol. The van der Waals surface area contributed by atoms with Gasteiger partial charge in [0.15, 0.2) is 18.1 Å². The molecule has 0 bridgehead atoms. The Balaban J connectivity index is 2.04. The zero-order chi connectivity index (χ0) is 17.7. The number of hydrogen-bond donors (Lipinski definition) is 2. The number of nitrogens with one attached hydrogen (secondary N) is 1. The number of carbonyl (C=O) groups excluding carboxylic acids is 1. The van der Waals surface area contributed by atoms with Gasteiger partial charge in [-0.15, -0.1) is 0 Å². The predicted molar refractivity (Wildman–Crippen MR) is 94.5 cm³/mol. The number of amides is 1. The standard InChI is InChI=1S/C16H16Cl2N2O4/c1-22-14-6-11(19)12(7-15(14)23-2)20-16(21)8-24-13-4-3-9(17)5-10(13)18/h3-7H,8,19H2,1-2H3,(H,20,21). The fourth-order valence-electron chi connectivity index (χ4n) is 1.92. The Hall–Kier alpha value is -2.31. The minimum absolute atomic E-state index is 0.241. The third-order valence-corrected chi connectivity index (χ3v) is 3.61. The molecule has 0 aliphatic carbocycles. The van der Waals surface area contributed by atoms with Crippen LogP contribution in [0.5, 0.6) is 17.2 Å². The van der Waals surface area contributed by atoms with Crippen LogP contribution in [0.4, 0.5) is 11.4 Å². The molecule has 0 saturated heterocycles. The van der Waals surface area contributed by atoms with E-state index in [-0.39, 0.29) is 6.61 Å². The molecule has 0 aliphatic heterocycles. The summed E-state index contributed by atoms with van der Waals surface area (Å²) in [5, 5.41) is 3.45. The van der Waals surface area contributed by atoms with Crippen LogP contribution in [0.15, 0.2) is 30.3 Å². The van der Waals surface area contributed by atoms with Crippen LogP contribution in [0.3, 0.4) is 0 Å². The van der Waals surface area contributed by atoms with Crippen LogP contribution in [0, 0.1) is 0 Å². The van der Waals surface area contributed by atoms with Crippen molar-refractivity contribution in [3.8, 4) is 17.2 Å². The van der Waals surface area contributed by atoms with Crippen molar-refractivity contribution in [1.29, 1.82) is 0 Å². The van der Waals surface area contributed by atoms with E-state index in [2.05, 4.69) is 5.32 Å². The maximum absolute atomic E-state index is 12.0.